The first kappa shape index (κ1) is 26.2. The normalized spacial score (nSPS) is 19.1. The van der Waals surface area contributed by atoms with Crippen LogP contribution < -0.4 is 0 Å². The zero-order chi connectivity index (χ0) is 27.4. The van der Waals surface area contributed by atoms with Crippen LogP contribution in [0.5, 0.6) is 0 Å². The number of carbonyl (C=O) groups is 2. The zero-order valence-electron chi connectivity index (χ0n) is 20.8. The van der Waals surface area contributed by atoms with Gasteiger partial charge in [-0.25, -0.2) is 0 Å². The Kier molecular flexibility index (Phi) is 6.71. The molecule has 5 rings (SSSR count). The second kappa shape index (κ2) is 9.73. The molecule has 1 saturated carbocycles. The van der Waals surface area contributed by atoms with E-state index in [1.54, 1.807) is 43.0 Å². The van der Waals surface area contributed by atoms with Crippen LogP contribution in [0.3, 0.4) is 0 Å². The average Bonchev–Trinajstić information content (AvgIpc) is 3.65. The summed E-state index contributed by atoms with van der Waals surface area (Å²) in [6.07, 6.45) is 0.596. The molecule has 0 radical (unpaired) electrons. The van der Waals surface area contributed by atoms with Gasteiger partial charge in [0.2, 0.25) is 5.91 Å². The molecule has 5 nitrogen and oxygen atoms in total. The summed E-state index contributed by atoms with van der Waals surface area (Å²) >= 11 is 6.51. The van der Waals surface area contributed by atoms with Gasteiger partial charge in [0.25, 0.3) is 0 Å². The maximum absolute atomic E-state index is 13.7. The molecule has 2 aliphatic carbocycles. The molecule has 9 heteroatoms. The van der Waals surface area contributed by atoms with Crippen molar-refractivity contribution in [1.29, 1.82) is 0 Å². The number of aliphatic imine (C=N–C) groups is 1. The number of nitrogens with zero attached hydrogens (tertiary/aromatic N) is 2. The number of alkyl halides is 3. The highest BCUT2D eigenvalue weighted by atomic mass is 35.5. The van der Waals surface area contributed by atoms with Crippen molar-refractivity contribution < 1.29 is 27.9 Å². The lowest BCUT2D eigenvalue weighted by Crippen LogP contribution is -2.32. The van der Waals surface area contributed by atoms with Gasteiger partial charge in [0.05, 0.1) is 27.9 Å². The lowest BCUT2D eigenvalue weighted by atomic mass is 9.77. The van der Waals surface area contributed by atoms with Gasteiger partial charge in [-0.1, -0.05) is 36.7 Å². The number of carboxylic acids is 1. The van der Waals surface area contributed by atoms with Crippen molar-refractivity contribution >= 4 is 46.0 Å². The highest BCUT2D eigenvalue weighted by molar-refractivity contribution is 6.40. The van der Waals surface area contributed by atoms with Crippen LogP contribution in [-0.4, -0.2) is 34.1 Å². The number of carboxylic acid groups (broad SMARTS) is 1. The zero-order valence-corrected chi connectivity index (χ0v) is 21.6. The van der Waals surface area contributed by atoms with Crippen LogP contribution in [0.1, 0.15) is 48.9 Å². The molecule has 2 atom stereocenters. The Balaban J connectivity index is 1.66. The standard InChI is InChI=1S/C29H26ClF3N2O3/c1-3-35(27(36)16-7-8-16)14-18-11-19(29(31,32)33)9-10-20(18)17-12-21(15(2)28(37)38)26-22(13-17)25-23(30)5-4-6-24(25)34-26/h4-6,9-13,15-16,21H,3,7-8,14H2,1-2H3,(H,37,38). The van der Waals surface area contributed by atoms with Crippen LogP contribution >= 0.6 is 11.6 Å². The van der Waals surface area contributed by atoms with E-state index in [-0.39, 0.29) is 18.4 Å². The van der Waals surface area contributed by atoms with E-state index in [0.717, 1.165) is 25.0 Å². The first-order valence-electron chi connectivity index (χ1n) is 12.5. The average molecular weight is 543 g/mol. The summed E-state index contributed by atoms with van der Waals surface area (Å²) in [4.78, 5) is 31.1. The van der Waals surface area contributed by atoms with Crippen molar-refractivity contribution in [2.24, 2.45) is 22.7 Å². The monoisotopic (exact) mass is 542 g/mol. The fourth-order valence-electron chi connectivity index (χ4n) is 5.09. The second-order valence-corrected chi connectivity index (χ2v) is 10.4. The summed E-state index contributed by atoms with van der Waals surface area (Å²) in [6.45, 7) is 3.77. The predicted molar refractivity (Wildman–Crippen MR) is 140 cm³/mol. The Morgan fingerprint density at radius 1 is 1.21 bits per heavy atom. The van der Waals surface area contributed by atoms with Crippen LogP contribution in [0.2, 0.25) is 5.02 Å². The fourth-order valence-corrected chi connectivity index (χ4v) is 5.36. The minimum Gasteiger partial charge on any atom is -0.481 e. The Hall–Kier alpha value is -3.39. The molecular formula is C29H26ClF3N2O3. The maximum Gasteiger partial charge on any atom is 0.416 e. The van der Waals surface area contributed by atoms with E-state index in [1.165, 1.54) is 6.07 Å². The number of hydrogen-bond donors (Lipinski definition) is 1. The molecule has 0 spiro atoms. The lowest BCUT2D eigenvalue weighted by molar-refractivity contribution is -0.141. The lowest BCUT2D eigenvalue weighted by Gasteiger charge is -2.27. The molecule has 1 N–H and O–H groups in total. The van der Waals surface area contributed by atoms with Gasteiger partial charge >= 0.3 is 12.1 Å². The highest BCUT2D eigenvalue weighted by Gasteiger charge is 2.38. The van der Waals surface area contributed by atoms with Gasteiger partial charge in [-0.05, 0) is 66.8 Å². The molecule has 2 unspecified atom stereocenters. The molecule has 0 aromatic heterocycles. The van der Waals surface area contributed by atoms with E-state index < -0.39 is 29.5 Å². The Morgan fingerprint density at radius 3 is 2.58 bits per heavy atom. The molecule has 38 heavy (non-hydrogen) atoms. The predicted octanol–water partition coefficient (Wildman–Crippen LogP) is 7.02. The van der Waals surface area contributed by atoms with Crippen molar-refractivity contribution in [3.63, 3.8) is 0 Å². The third-order valence-corrected chi connectivity index (χ3v) is 7.72. The molecule has 0 bridgehead atoms. The number of fused-ring (bicyclic) bond motifs is 3. The van der Waals surface area contributed by atoms with Crippen molar-refractivity contribution in [1.82, 2.24) is 4.90 Å². The number of allylic oxidation sites excluding steroid dienone is 4. The van der Waals surface area contributed by atoms with Crippen LogP contribution in [0, 0.1) is 17.8 Å². The molecule has 2 aromatic carbocycles. The third kappa shape index (κ3) is 4.77. The van der Waals surface area contributed by atoms with Gasteiger partial charge in [-0.2, -0.15) is 13.2 Å². The van der Waals surface area contributed by atoms with Gasteiger partial charge in [-0.3, -0.25) is 14.6 Å². The second-order valence-electron chi connectivity index (χ2n) is 9.96. The smallest absolute Gasteiger partial charge is 0.416 e. The van der Waals surface area contributed by atoms with Crippen molar-refractivity contribution in [3.05, 3.63) is 75.8 Å². The molecule has 2 aromatic rings. The summed E-state index contributed by atoms with van der Waals surface area (Å²) in [5.41, 5.74) is 3.15. The number of carbonyl (C=O) groups excluding carboxylic acids is 1. The van der Waals surface area contributed by atoms with Gasteiger partial charge in [0, 0.05) is 36.1 Å². The van der Waals surface area contributed by atoms with Crippen molar-refractivity contribution in [2.75, 3.05) is 6.54 Å². The maximum atomic E-state index is 13.7. The Bertz CT molecular complexity index is 1420. The molecule has 1 fully saturated rings. The van der Waals surface area contributed by atoms with Crippen molar-refractivity contribution in [3.8, 4) is 0 Å². The van der Waals surface area contributed by atoms with Crippen LogP contribution in [0.25, 0.3) is 11.1 Å². The van der Waals surface area contributed by atoms with E-state index in [2.05, 4.69) is 4.99 Å². The summed E-state index contributed by atoms with van der Waals surface area (Å²) in [5.74, 6) is -2.62. The number of rotatable bonds is 7. The highest BCUT2D eigenvalue weighted by Crippen LogP contribution is 2.47. The van der Waals surface area contributed by atoms with Crippen molar-refractivity contribution in [2.45, 2.75) is 39.4 Å². The third-order valence-electron chi connectivity index (χ3n) is 7.41. The number of hydrogen-bond acceptors (Lipinski definition) is 3. The SMILES string of the molecule is CCN(Cc1cc(C(F)(F)F)ccc1C1=CC(C(C)C(=O)O)C2=Nc3cccc(Cl)c3C2=C1)C(=O)C1CC1. The van der Waals surface area contributed by atoms with Crippen LogP contribution in [0.15, 0.2) is 53.5 Å². The molecule has 0 saturated heterocycles. The van der Waals surface area contributed by atoms with E-state index in [1.807, 2.05) is 6.08 Å². The fraction of sp³-hybridized carbons (Fsp3) is 0.345. The summed E-state index contributed by atoms with van der Waals surface area (Å²) in [6, 6.07) is 8.79. The summed E-state index contributed by atoms with van der Waals surface area (Å²) < 4.78 is 41.1. The first-order valence-corrected chi connectivity index (χ1v) is 12.9. The van der Waals surface area contributed by atoms with Gasteiger partial charge in [0.1, 0.15) is 0 Å². The van der Waals surface area contributed by atoms with E-state index in [4.69, 9.17) is 11.6 Å². The van der Waals surface area contributed by atoms with E-state index in [9.17, 15) is 27.9 Å². The summed E-state index contributed by atoms with van der Waals surface area (Å²) in [5, 5.41) is 10.3. The van der Waals surface area contributed by atoms with Crippen LogP contribution in [-0.2, 0) is 22.3 Å². The van der Waals surface area contributed by atoms with E-state index >= 15 is 0 Å². The molecule has 3 aliphatic rings. The summed E-state index contributed by atoms with van der Waals surface area (Å²) in [7, 11) is 0. The number of halogens is 4. The molecular weight excluding hydrogens is 517 g/mol. The number of aliphatic carboxylic acids is 1. The minimum atomic E-state index is -4.55. The number of benzene rings is 2. The molecule has 1 aliphatic heterocycles. The minimum absolute atomic E-state index is 0.0169. The van der Waals surface area contributed by atoms with E-state index in [0.29, 0.717) is 50.8 Å². The van der Waals surface area contributed by atoms with Crippen LogP contribution in [0.4, 0.5) is 18.9 Å². The Morgan fingerprint density at radius 2 is 1.95 bits per heavy atom. The molecule has 1 amide bonds. The Labute approximate surface area is 223 Å². The van der Waals surface area contributed by atoms with Gasteiger partial charge in [-0.15, -0.1) is 0 Å². The first-order chi connectivity index (χ1) is 18.0. The van der Waals surface area contributed by atoms with Gasteiger partial charge < -0.3 is 10.0 Å². The number of amides is 1. The topological polar surface area (TPSA) is 70.0 Å². The van der Waals surface area contributed by atoms with Gasteiger partial charge in [0.15, 0.2) is 0 Å². The molecule has 198 valence electrons. The molecule has 1 heterocycles. The quantitative estimate of drug-likeness (QED) is 0.409. The largest absolute Gasteiger partial charge is 0.481 e.